The van der Waals surface area contributed by atoms with Crippen molar-refractivity contribution in [2.45, 2.75) is 24.3 Å². The number of aryl methyl sites for hydroxylation is 1. The molecular formula is C37H34N4O6S3. The monoisotopic (exact) mass is 726 g/mol. The average Bonchev–Trinajstić information content (AvgIpc) is 3.74. The summed E-state index contributed by atoms with van der Waals surface area (Å²) in [4.78, 5) is 32.1. The first kappa shape index (κ1) is 33.6. The predicted molar refractivity (Wildman–Crippen MR) is 194 cm³/mol. The number of carbonyl (C=O) groups excluding carboxylic acids is 2. The van der Waals surface area contributed by atoms with Gasteiger partial charge in [0, 0.05) is 36.5 Å². The smallest absolute Gasteiger partial charge is 0.407 e. The van der Waals surface area contributed by atoms with Crippen LogP contribution in [-0.4, -0.2) is 65.7 Å². The molecule has 7 rings (SSSR count). The molecule has 0 spiro atoms. The van der Waals surface area contributed by atoms with Crippen LogP contribution >= 0.6 is 11.3 Å². The zero-order valence-corrected chi connectivity index (χ0v) is 29.6. The second kappa shape index (κ2) is 13.8. The number of nitrogens with zero attached hydrogens (tertiary/aromatic N) is 3. The maximum absolute atomic E-state index is 13.3. The van der Waals surface area contributed by atoms with Gasteiger partial charge >= 0.3 is 6.09 Å². The molecule has 1 aliphatic heterocycles. The summed E-state index contributed by atoms with van der Waals surface area (Å²) in [6, 6.07) is 30.2. The Morgan fingerprint density at radius 2 is 1.60 bits per heavy atom. The maximum Gasteiger partial charge on any atom is 0.407 e. The lowest BCUT2D eigenvalue weighted by Gasteiger charge is -2.28. The van der Waals surface area contributed by atoms with Crippen molar-refractivity contribution in [2.24, 2.45) is 3.77 Å². The Kier molecular flexibility index (Phi) is 9.29. The number of amides is 2. The van der Waals surface area contributed by atoms with Gasteiger partial charge in [-0.25, -0.2) is 14.0 Å². The number of aromatic nitrogens is 1. The van der Waals surface area contributed by atoms with E-state index in [1.165, 1.54) is 39.5 Å². The van der Waals surface area contributed by atoms with Crippen LogP contribution in [0.4, 0.5) is 4.79 Å². The molecule has 50 heavy (non-hydrogen) atoms. The highest BCUT2D eigenvalue weighted by Gasteiger charge is 2.30. The van der Waals surface area contributed by atoms with Crippen molar-refractivity contribution in [2.75, 3.05) is 31.2 Å². The minimum Gasteiger partial charge on any atom is -0.449 e. The van der Waals surface area contributed by atoms with E-state index in [0.29, 0.717) is 5.01 Å². The molecule has 1 aliphatic carbocycles. The van der Waals surface area contributed by atoms with E-state index in [1.54, 1.807) is 17.5 Å². The summed E-state index contributed by atoms with van der Waals surface area (Å²) in [5.41, 5.74) is 7.43. The van der Waals surface area contributed by atoms with Crippen LogP contribution in [0.25, 0.3) is 21.7 Å². The zero-order valence-electron chi connectivity index (χ0n) is 27.2. The molecule has 5 aromatic rings. The van der Waals surface area contributed by atoms with Gasteiger partial charge in [0.1, 0.15) is 17.3 Å². The van der Waals surface area contributed by atoms with Crippen molar-refractivity contribution >= 4 is 43.1 Å². The van der Waals surface area contributed by atoms with Crippen molar-refractivity contribution in [1.82, 2.24) is 15.2 Å². The number of alkyl carbamates (subject to hydrolysis) is 1. The molecule has 4 aromatic carbocycles. The van der Waals surface area contributed by atoms with Gasteiger partial charge in [-0.05, 0) is 52.9 Å². The van der Waals surface area contributed by atoms with Crippen LogP contribution in [0.2, 0.25) is 0 Å². The number of nitrogens with one attached hydrogen (secondary N) is 1. The van der Waals surface area contributed by atoms with Crippen molar-refractivity contribution in [3.8, 4) is 21.7 Å². The number of benzene rings is 4. The van der Waals surface area contributed by atoms with Crippen molar-refractivity contribution in [3.05, 3.63) is 130 Å². The van der Waals surface area contributed by atoms with Gasteiger partial charge in [0.2, 0.25) is 0 Å². The van der Waals surface area contributed by atoms with E-state index in [0.717, 1.165) is 27.8 Å². The van der Waals surface area contributed by atoms with Crippen molar-refractivity contribution < 1.29 is 27.0 Å². The van der Waals surface area contributed by atoms with Gasteiger partial charge in [0.05, 0.1) is 26.1 Å². The summed E-state index contributed by atoms with van der Waals surface area (Å²) in [7, 11) is -7.14. The van der Waals surface area contributed by atoms with Gasteiger partial charge in [-0.2, -0.15) is 8.42 Å². The fourth-order valence-corrected chi connectivity index (χ4v) is 11.1. The highest BCUT2D eigenvalue weighted by atomic mass is 32.3. The molecule has 2 aliphatic rings. The normalized spacial score (nSPS) is 15.2. The number of hydrogen-bond donors (Lipinski definition) is 1. The van der Waals surface area contributed by atoms with E-state index >= 15 is 0 Å². The molecule has 0 bridgehead atoms. The summed E-state index contributed by atoms with van der Waals surface area (Å²) in [5, 5.41) is 5.15. The fourth-order valence-electron chi connectivity index (χ4n) is 6.23. The predicted octanol–water partition coefficient (Wildman–Crippen LogP) is 6.47. The number of fused-ring (bicyclic) bond motifs is 3. The van der Waals surface area contributed by atoms with Gasteiger partial charge in [0.15, 0.2) is 0 Å². The summed E-state index contributed by atoms with van der Waals surface area (Å²) in [6.45, 7) is 2.53. The first-order chi connectivity index (χ1) is 24.1. The van der Waals surface area contributed by atoms with Gasteiger partial charge in [-0.1, -0.05) is 84.4 Å². The molecular weight excluding hydrogens is 693 g/mol. The molecule has 1 N–H and O–H groups in total. The minimum atomic E-state index is -4.09. The molecule has 1 saturated heterocycles. The van der Waals surface area contributed by atoms with Gasteiger partial charge in [0.25, 0.3) is 15.9 Å². The Labute approximate surface area is 295 Å². The van der Waals surface area contributed by atoms with Gasteiger partial charge in [-0.15, -0.1) is 15.1 Å². The number of carbonyl (C=O) groups is 2. The summed E-state index contributed by atoms with van der Waals surface area (Å²) >= 11 is 1.32. The zero-order chi connectivity index (χ0) is 34.9. The third-order valence-corrected chi connectivity index (χ3v) is 14.2. The summed E-state index contributed by atoms with van der Waals surface area (Å²) in [6.07, 6.45) is -0.509. The van der Waals surface area contributed by atoms with Crippen molar-refractivity contribution in [1.29, 1.82) is 0 Å². The third kappa shape index (κ3) is 7.07. The fraction of sp³-hybridized carbons (Fsp3) is 0.216. The van der Waals surface area contributed by atoms with Crippen LogP contribution in [0.3, 0.4) is 0 Å². The largest absolute Gasteiger partial charge is 0.449 e. The van der Waals surface area contributed by atoms with Crippen LogP contribution in [0.1, 0.15) is 38.7 Å². The van der Waals surface area contributed by atoms with E-state index in [1.807, 2.05) is 55.5 Å². The number of hydrogen-bond acceptors (Lipinski definition) is 8. The van der Waals surface area contributed by atoms with E-state index in [9.17, 15) is 22.2 Å². The van der Waals surface area contributed by atoms with Crippen LogP contribution in [-0.2, 0) is 31.0 Å². The standard InChI is InChI=1S/C37H34N4O6S3/c1-25-13-15-28(16-14-25)50(45,46)40-49(44)19-17-41(18-20-49)36(42)34-24-48-35(39-34)27-8-6-7-26(21-27)22-38-37(43)47-23-33-31-11-4-2-9-29(31)30-10-3-5-12-32(30)33/h2-16,21,24,33H,17-20,22-23H2,1H3,(H,38,43). The average molecular weight is 727 g/mol. The highest BCUT2D eigenvalue weighted by Crippen LogP contribution is 2.44. The molecule has 0 atom stereocenters. The topological polar surface area (TPSA) is 135 Å². The molecule has 2 amide bonds. The number of sulfonamides is 1. The quantitative estimate of drug-likeness (QED) is 0.194. The summed E-state index contributed by atoms with van der Waals surface area (Å²) < 4.78 is 48.4. The molecule has 2 heterocycles. The van der Waals surface area contributed by atoms with E-state index in [-0.39, 0.29) is 60.2 Å². The lowest BCUT2D eigenvalue weighted by Crippen LogP contribution is -2.44. The highest BCUT2D eigenvalue weighted by molar-refractivity contribution is 8.03. The molecule has 1 fully saturated rings. The summed E-state index contributed by atoms with van der Waals surface area (Å²) in [5.74, 6) is -0.426. The Hall–Kier alpha value is -4.85. The Balaban J connectivity index is 0.941. The Morgan fingerprint density at radius 3 is 2.28 bits per heavy atom. The van der Waals surface area contributed by atoms with Crippen molar-refractivity contribution in [3.63, 3.8) is 0 Å². The Bertz CT molecular complexity index is 2270. The van der Waals surface area contributed by atoms with E-state index < -0.39 is 25.8 Å². The number of ether oxygens (including phenoxy) is 1. The maximum atomic E-state index is 13.3. The van der Waals surface area contributed by atoms with E-state index in [4.69, 9.17) is 4.74 Å². The number of thiazole rings is 1. The van der Waals surface area contributed by atoms with Gasteiger partial charge < -0.3 is 15.0 Å². The van der Waals surface area contributed by atoms with Crippen LogP contribution in [0.15, 0.2) is 111 Å². The van der Waals surface area contributed by atoms with Crippen LogP contribution in [0, 0.1) is 6.92 Å². The first-order valence-electron chi connectivity index (χ1n) is 16.1. The second-order valence-electron chi connectivity index (χ2n) is 12.3. The molecule has 10 nitrogen and oxygen atoms in total. The molecule has 0 radical (unpaired) electrons. The molecule has 13 heteroatoms. The first-order valence-corrected chi connectivity index (χ1v) is 20.2. The van der Waals surface area contributed by atoms with E-state index in [2.05, 4.69) is 38.3 Å². The second-order valence-corrected chi connectivity index (χ2v) is 17.5. The minimum absolute atomic E-state index is 0.00332. The molecule has 1 aromatic heterocycles. The lowest BCUT2D eigenvalue weighted by molar-refractivity contribution is 0.0766. The van der Waals surface area contributed by atoms with Crippen LogP contribution in [0.5, 0.6) is 0 Å². The number of rotatable bonds is 8. The molecule has 0 saturated carbocycles. The SMILES string of the molecule is Cc1ccc(S(=O)(=O)N=S2(=O)CCN(C(=O)c3csc(-c4cccc(CNC(=O)OCC5c6ccccc6-c6ccccc65)c4)n3)CC2)cc1. The Morgan fingerprint density at radius 1 is 0.940 bits per heavy atom. The lowest BCUT2D eigenvalue weighted by atomic mass is 9.98. The van der Waals surface area contributed by atoms with Gasteiger partial charge in [-0.3, -0.25) is 4.79 Å². The third-order valence-electron chi connectivity index (χ3n) is 8.88. The molecule has 256 valence electrons. The molecule has 0 unspecified atom stereocenters. The van der Waals surface area contributed by atoms with Crippen LogP contribution < -0.4 is 5.32 Å².